The normalized spacial score (nSPS) is 20.3. The standard InChI is InChI=1S/C16H25NO3/c1-12(15-13(18)7-6-8-14(15)19)17-11-16(20)9-4-2-3-5-10-16/h6-8,12,17-20H,2-5,9-11H2,1H3. The quantitative estimate of drug-likeness (QED) is 0.640. The molecule has 1 unspecified atom stereocenters. The van der Waals surface area contributed by atoms with E-state index in [1.165, 1.54) is 12.8 Å². The van der Waals surface area contributed by atoms with E-state index in [0.717, 1.165) is 25.7 Å². The molecule has 0 saturated heterocycles. The topological polar surface area (TPSA) is 72.7 Å². The molecule has 0 spiro atoms. The molecule has 4 heteroatoms. The monoisotopic (exact) mass is 279 g/mol. The van der Waals surface area contributed by atoms with Gasteiger partial charge in [-0.05, 0) is 31.9 Å². The summed E-state index contributed by atoms with van der Waals surface area (Å²) in [5.74, 6) is 0.163. The molecule has 1 atom stereocenters. The Kier molecular flexibility index (Phi) is 4.89. The Morgan fingerprint density at radius 1 is 1.10 bits per heavy atom. The highest BCUT2D eigenvalue weighted by Gasteiger charge is 2.28. The van der Waals surface area contributed by atoms with Gasteiger partial charge >= 0.3 is 0 Å². The van der Waals surface area contributed by atoms with Crippen LogP contribution in [0.2, 0.25) is 0 Å². The molecule has 20 heavy (non-hydrogen) atoms. The molecule has 2 rings (SSSR count). The summed E-state index contributed by atoms with van der Waals surface area (Å²) in [6, 6.07) is 4.53. The van der Waals surface area contributed by atoms with Crippen molar-refractivity contribution in [3.8, 4) is 11.5 Å². The third kappa shape index (κ3) is 3.64. The van der Waals surface area contributed by atoms with Crippen molar-refractivity contribution in [3.05, 3.63) is 23.8 Å². The Morgan fingerprint density at radius 2 is 1.65 bits per heavy atom. The summed E-state index contributed by atoms with van der Waals surface area (Å²) >= 11 is 0. The maximum Gasteiger partial charge on any atom is 0.124 e. The van der Waals surface area contributed by atoms with Crippen molar-refractivity contribution in [2.75, 3.05) is 6.54 Å². The van der Waals surface area contributed by atoms with Crippen molar-refractivity contribution in [3.63, 3.8) is 0 Å². The van der Waals surface area contributed by atoms with Crippen LogP contribution in [0.15, 0.2) is 18.2 Å². The summed E-state index contributed by atoms with van der Waals surface area (Å²) in [5.41, 5.74) is -0.171. The minimum Gasteiger partial charge on any atom is -0.507 e. The van der Waals surface area contributed by atoms with Crippen LogP contribution < -0.4 is 5.32 Å². The van der Waals surface area contributed by atoms with Crippen LogP contribution in [0.25, 0.3) is 0 Å². The Hall–Kier alpha value is -1.26. The molecule has 0 heterocycles. The van der Waals surface area contributed by atoms with Gasteiger partial charge in [-0.2, -0.15) is 0 Å². The SMILES string of the molecule is CC(NCC1(O)CCCCCC1)c1c(O)cccc1O. The fourth-order valence-electron chi connectivity index (χ4n) is 2.99. The van der Waals surface area contributed by atoms with Crippen molar-refractivity contribution in [1.29, 1.82) is 0 Å². The number of aliphatic hydroxyl groups is 1. The van der Waals surface area contributed by atoms with Crippen LogP contribution in [-0.4, -0.2) is 27.5 Å². The van der Waals surface area contributed by atoms with E-state index in [9.17, 15) is 15.3 Å². The zero-order valence-electron chi connectivity index (χ0n) is 12.1. The fourth-order valence-corrected chi connectivity index (χ4v) is 2.99. The number of phenolic OH excluding ortho intramolecular Hbond substituents is 2. The lowest BCUT2D eigenvalue weighted by Gasteiger charge is -2.29. The molecule has 1 aliphatic rings. The Bertz CT molecular complexity index is 419. The van der Waals surface area contributed by atoms with Gasteiger partial charge in [-0.25, -0.2) is 0 Å². The van der Waals surface area contributed by atoms with Crippen LogP contribution in [0, 0.1) is 0 Å². The van der Waals surface area contributed by atoms with Crippen LogP contribution in [-0.2, 0) is 0 Å². The van der Waals surface area contributed by atoms with Gasteiger partial charge in [-0.1, -0.05) is 31.7 Å². The van der Waals surface area contributed by atoms with E-state index >= 15 is 0 Å². The van der Waals surface area contributed by atoms with Crippen molar-refractivity contribution in [2.24, 2.45) is 0 Å². The van der Waals surface area contributed by atoms with Gasteiger partial charge in [0.25, 0.3) is 0 Å². The fraction of sp³-hybridized carbons (Fsp3) is 0.625. The number of rotatable bonds is 4. The van der Waals surface area contributed by atoms with Gasteiger partial charge < -0.3 is 20.6 Å². The average molecular weight is 279 g/mol. The van der Waals surface area contributed by atoms with E-state index in [4.69, 9.17) is 0 Å². The van der Waals surface area contributed by atoms with E-state index < -0.39 is 5.60 Å². The second-order valence-electron chi connectivity index (χ2n) is 5.95. The second-order valence-corrected chi connectivity index (χ2v) is 5.95. The minimum atomic E-state index is -0.662. The molecule has 4 nitrogen and oxygen atoms in total. The van der Waals surface area contributed by atoms with E-state index in [0.29, 0.717) is 12.1 Å². The van der Waals surface area contributed by atoms with Crippen molar-refractivity contribution < 1.29 is 15.3 Å². The molecule has 1 aromatic carbocycles. The van der Waals surface area contributed by atoms with Crippen molar-refractivity contribution in [1.82, 2.24) is 5.32 Å². The molecule has 0 amide bonds. The number of hydrogen-bond acceptors (Lipinski definition) is 4. The molecular formula is C16H25NO3. The van der Waals surface area contributed by atoms with E-state index in [1.54, 1.807) is 18.2 Å². The molecule has 0 bridgehead atoms. The smallest absolute Gasteiger partial charge is 0.124 e. The highest BCUT2D eigenvalue weighted by molar-refractivity contribution is 5.44. The highest BCUT2D eigenvalue weighted by atomic mass is 16.3. The zero-order valence-corrected chi connectivity index (χ0v) is 12.1. The lowest BCUT2D eigenvalue weighted by atomic mass is 9.93. The molecule has 112 valence electrons. The predicted molar refractivity (Wildman–Crippen MR) is 78.8 cm³/mol. The molecule has 0 aromatic heterocycles. The summed E-state index contributed by atoms with van der Waals surface area (Å²) in [6.45, 7) is 2.37. The van der Waals surface area contributed by atoms with E-state index in [-0.39, 0.29) is 17.5 Å². The Balaban J connectivity index is 1.99. The van der Waals surface area contributed by atoms with Gasteiger partial charge in [0.1, 0.15) is 11.5 Å². The van der Waals surface area contributed by atoms with Crippen LogP contribution in [0.5, 0.6) is 11.5 Å². The number of benzene rings is 1. The van der Waals surface area contributed by atoms with Gasteiger partial charge in [0, 0.05) is 12.6 Å². The largest absolute Gasteiger partial charge is 0.507 e. The van der Waals surface area contributed by atoms with Crippen LogP contribution in [0.4, 0.5) is 0 Å². The first kappa shape index (κ1) is 15.1. The molecule has 1 fully saturated rings. The maximum absolute atomic E-state index is 10.6. The summed E-state index contributed by atoms with van der Waals surface area (Å²) in [4.78, 5) is 0. The highest BCUT2D eigenvalue weighted by Crippen LogP contribution is 2.33. The summed E-state index contributed by atoms with van der Waals surface area (Å²) in [6.07, 6.45) is 6.15. The molecule has 1 aliphatic carbocycles. The van der Waals surface area contributed by atoms with Gasteiger partial charge in [0.05, 0.1) is 11.2 Å². The minimum absolute atomic E-state index is 0.0813. The molecule has 0 aliphatic heterocycles. The molecule has 0 radical (unpaired) electrons. The molecule has 1 aromatic rings. The Labute approximate surface area is 120 Å². The lowest BCUT2D eigenvalue weighted by Crippen LogP contribution is -2.41. The first-order valence-corrected chi connectivity index (χ1v) is 7.48. The first-order valence-electron chi connectivity index (χ1n) is 7.48. The number of nitrogens with one attached hydrogen (secondary N) is 1. The summed E-state index contributed by atoms with van der Waals surface area (Å²) in [7, 11) is 0. The van der Waals surface area contributed by atoms with Crippen LogP contribution in [0.1, 0.15) is 57.1 Å². The third-order valence-electron chi connectivity index (χ3n) is 4.26. The van der Waals surface area contributed by atoms with E-state index in [2.05, 4.69) is 5.32 Å². The first-order chi connectivity index (χ1) is 9.52. The van der Waals surface area contributed by atoms with Gasteiger partial charge in [0.15, 0.2) is 0 Å². The number of hydrogen-bond donors (Lipinski definition) is 4. The molecule has 4 N–H and O–H groups in total. The summed E-state index contributed by atoms with van der Waals surface area (Å²) in [5, 5.41) is 33.5. The summed E-state index contributed by atoms with van der Waals surface area (Å²) < 4.78 is 0. The third-order valence-corrected chi connectivity index (χ3v) is 4.26. The van der Waals surface area contributed by atoms with E-state index in [1.807, 2.05) is 6.92 Å². The predicted octanol–water partition coefficient (Wildman–Crippen LogP) is 2.83. The second kappa shape index (κ2) is 6.46. The van der Waals surface area contributed by atoms with Crippen molar-refractivity contribution in [2.45, 2.75) is 57.1 Å². The molecule has 1 saturated carbocycles. The van der Waals surface area contributed by atoms with Gasteiger partial charge in [-0.3, -0.25) is 0 Å². The molecular weight excluding hydrogens is 254 g/mol. The average Bonchev–Trinajstić information content (AvgIpc) is 2.62. The number of phenols is 2. The van der Waals surface area contributed by atoms with Crippen molar-refractivity contribution >= 4 is 0 Å². The van der Waals surface area contributed by atoms with Crippen LogP contribution >= 0.6 is 0 Å². The van der Waals surface area contributed by atoms with Gasteiger partial charge in [0.2, 0.25) is 0 Å². The van der Waals surface area contributed by atoms with Gasteiger partial charge in [-0.15, -0.1) is 0 Å². The lowest BCUT2D eigenvalue weighted by molar-refractivity contribution is 0.0230. The number of aromatic hydroxyl groups is 2. The maximum atomic E-state index is 10.6. The van der Waals surface area contributed by atoms with Crippen LogP contribution in [0.3, 0.4) is 0 Å². The zero-order chi connectivity index (χ0) is 14.6. The Morgan fingerprint density at radius 3 is 2.20 bits per heavy atom.